The standard InChI is InChI=1S/C30H35NO3/c1-6-34-29(32)14-10-13-27-26(16-15-25-11-8-7-9-12-25)24(5)19-31(30(27)33)20-28-22(3)17-21(2)18-23(28)4/h7-9,11-12,15-19H,6,10,13-14,20H2,1-5H3/b16-15+. The third-order valence-corrected chi connectivity index (χ3v) is 6.14. The highest BCUT2D eigenvalue weighted by Gasteiger charge is 2.15. The largest absolute Gasteiger partial charge is 0.466 e. The first-order valence-electron chi connectivity index (χ1n) is 12.0. The van der Waals surface area contributed by atoms with Crippen molar-refractivity contribution >= 4 is 18.1 Å². The van der Waals surface area contributed by atoms with Crippen molar-refractivity contribution in [2.45, 2.75) is 60.4 Å². The van der Waals surface area contributed by atoms with E-state index in [1.54, 1.807) is 6.92 Å². The van der Waals surface area contributed by atoms with Crippen LogP contribution >= 0.6 is 0 Å². The molecule has 0 unspecified atom stereocenters. The number of nitrogens with zero attached hydrogens (tertiary/aromatic N) is 1. The van der Waals surface area contributed by atoms with Gasteiger partial charge >= 0.3 is 5.97 Å². The molecular formula is C30H35NO3. The monoisotopic (exact) mass is 457 g/mol. The molecule has 2 aromatic carbocycles. The number of aryl methyl sites for hydroxylation is 4. The lowest BCUT2D eigenvalue weighted by molar-refractivity contribution is -0.143. The van der Waals surface area contributed by atoms with E-state index in [4.69, 9.17) is 4.74 Å². The van der Waals surface area contributed by atoms with Gasteiger partial charge in [0.1, 0.15) is 0 Å². The Morgan fingerprint density at radius 1 is 0.941 bits per heavy atom. The third-order valence-electron chi connectivity index (χ3n) is 6.14. The Morgan fingerprint density at radius 3 is 2.26 bits per heavy atom. The fraction of sp³-hybridized carbons (Fsp3) is 0.333. The Morgan fingerprint density at radius 2 is 1.62 bits per heavy atom. The van der Waals surface area contributed by atoms with Crippen LogP contribution in [0.15, 0.2) is 53.5 Å². The molecule has 0 fully saturated rings. The van der Waals surface area contributed by atoms with Gasteiger partial charge in [-0.3, -0.25) is 9.59 Å². The summed E-state index contributed by atoms with van der Waals surface area (Å²) in [6, 6.07) is 14.4. The van der Waals surface area contributed by atoms with Crippen LogP contribution in [-0.4, -0.2) is 17.1 Å². The molecule has 4 heteroatoms. The average molecular weight is 458 g/mol. The summed E-state index contributed by atoms with van der Waals surface area (Å²) in [5.74, 6) is -0.220. The summed E-state index contributed by atoms with van der Waals surface area (Å²) in [5.41, 5.74) is 8.60. The van der Waals surface area contributed by atoms with Crippen LogP contribution in [0.25, 0.3) is 12.2 Å². The van der Waals surface area contributed by atoms with E-state index in [-0.39, 0.29) is 11.5 Å². The van der Waals surface area contributed by atoms with Gasteiger partial charge in [-0.05, 0) is 80.8 Å². The van der Waals surface area contributed by atoms with Crippen molar-refractivity contribution in [3.05, 3.63) is 104 Å². The molecule has 0 atom stereocenters. The average Bonchev–Trinajstić information content (AvgIpc) is 2.79. The number of hydrogen-bond acceptors (Lipinski definition) is 3. The summed E-state index contributed by atoms with van der Waals surface area (Å²) in [7, 11) is 0. The molecule has 34 heavy (non-hydrogen) atoms. The van der Waals surface area contributed by atoms with Crippen molar-refractivity contribution in [3.8, 4) is 0 Å². The fourth-order valence-corrected chi connectivity index (χ4v) is 4.50. The molecule has 0 radical (unpaired) electrons. The number of benzene rings is 2. The van der Waals surface area contributed by atoms with Gasteiger partial charge in [0.2, 0.25) is 0 Å². The minimum absolute atomic E-state index is 0.00143. The molecule has 178 valence electrons. The molecule has 0 bridgehead atoms. The van der Waals surface area contributed by atoms with Crippen molar-refractivity contribution in [2.24, 2.45) is 0 Å². The molecule has 0 spiro atoms. The number of rotatable bonds is 9. The highest BCUT2D eigenvalue weighted by molar-refractivity contribution is 5.73. The molecule has 0 aliphatic carbocycles. The number of carbonyl (C=O) groups is 1. The third kappa shape index (κ3) is 6.34. The molecule has 1 heterocycles. The van der Waals surface area contributed by atoms with Gasteiger partial charge in [-0.2, -0.15) is 0 Å². The van der Waals surface area contributed by atoms with Gasteiger partial charge in [0, 0.05) is 18.2 Å². The maximum atomic E-state index is 13.7. The predicted octanol–water partition coefficient (Wildman–Crippen LogP) is 6.19. The van der Waals surface area contributed by atoms with E-state index in [9.17, 15) is 9.59 Å². The summed E-state index contributed by atoms with van der Waals surface area (Å²) >= 11 is 0. The van der Waals surface area contributed by atoms with Crippen LogP contribution in [-0.2, 0) is 22.5 Å². The van der Waals surface area contributed by atoms with Crippen LogP contribution in [0.3, 0.4) is 0 Å². The van der Waals surface area contributed by atoms with Gasteiger partial charge in [0.25, 0.3) is 5.56 Å². The van der Waals surface area contributed by atoms with Crippen LogP contribution in [0.2, 0.25) is 0 Å². The molecule has 3 aromatic rings. The maximum absolute atomic E-state index is 13.7. The highest BCUT2D eigenvalue weighted by Crippen LogP contribution is 2.21. The highest BCUT2D eigenvalue weighted by atomic mass is 16.5. The lowest BCUT2D eigenvalue weighted by atomic mass is 9.97. The first-order chi connectivity index (χ1) is 16.3. The van der Waals surface area contributed by atoms with E-state index in [0.29, 0.717) is 32.4 Å². The molecule has 0 aliphatic rings. The second kappa shape index (κ2) is 11.6. The minimum Gasteiger partial charge on any atom is -0.466 e. The Balaban J connectivity index is 2.00. The van der Waals surface area contributed by atoms with Gasteiger partial charge in [-0.25, -0.2) is 0 Å². The first-order valence-corrected chi connectivity index (χ1v) is 12.0. The second-order valence-corrected chi connectivity index (χ2v) is 8.92. The Bertz CT molecular complexity index is 1210. The molecule has 4 nitrogen and oxygen atoms in total. The lowest BCUT2D eigenvalue weighted by Gasteiger charge is -2.17. The quantitative estimate of drug-likeness (QED) is 0.360. The number of ether oxygens (including phenoxy) is 1. The van der Waals surface area contributed by atoms with E-state index < -0.39 is 0 Å². The zero-order valence-corrected chi connectivity index (χ0v) is 21.0. The van der Waals surface area contributed by atoms with Crippen molar-refractivity contribution in [1.82, 2.24) is 4.57 Å². The van der Waals surface area contributed by atoms with E-state index in [2.05, 4.69) is 32.9 Å². The van der Waals surface area contributed by atoms with Crippen LogP contribution in [0.1, 0.15) is 64.3 Å². The SMILES string of the molecule is CCOC(=O)CCCc1c(/C=C/c2ccccc2)c(C)cn(Cc2c(C)cc(C)cc2C)c1=O. The Labute approximate surface area is 202 Å². The number of esters is 1. The zero-order valence-electron chi connectivity index (χ0n) is 21.0. The van der Waals surface area contributed by atoms with E-state index in [1.165, 1.54) is 22.3 Å². The van der Waals surface area contributed by atoms with Crippen molar-refractivity contribution in [2.75, 3.05) is 6.61 Å². The smallest absolute Gasteiger partial charge is 0.305 e. The zero-order chi connectivity index (χ0) is 24.7. The van der Waals surface area contributed by atoms with Crippen molar-refractivity contribution in [3.63, 3.8) is 0 Å². The summed E-state index contributed by atoms with van der Waals surface area (Å²) in [6.45, 7) is 11.1. The van der Waals surface area contributed by atoms with Gasteiger partial charge in [0.05, 0.1) is 13.2 Å². The van der Waals surface area contributed by atoms with Crippen LogP contribution in [0.5, 0.6) is 0 Å². The molecule has 0 saturated heterocycles. The van der Waals surface area contributed by atoms with Crippen molar-refractivity contribution in [1.29, 1.82) is 0 Å². The lowest BCUT2D eigenvalue weighted by Crippen LogP contribution is -2.26. The topological polar surface area (TPSA) is 48.3 Å². The molecule has 0 amide bonds. The van der Waals surface area contributed by atoms with Crippen LogP contribution in [0, 0.1) is 27.7 Å². The number of pyridine rings is 1. The molecule has 3 rings (SSSR count). The van der Waals surface area contributed by atoms with E-state index >= 15 is 0 Å². The molecule has 0 aliphatic heterocycles. The second-order valence-electron chi connectivity index (χ2n) is 8.92. The first kappa shape index (κ1) is 25.2. The maximum Gasteiger partial charge on any atom is 0.305 e. The summed E-state index contributed by atoms with van der Waals surface area (Å²) in [6.07, 6.45) is 7.43. The number of carbonyl (C=O) groups excluding carboxylic acids is 1. The molecule has 0 N–H and O–H groups in total. The van der Waals surface area contributed by atoms with E-state index in [1.807, 2.05) is 60.2 Å². The minimum atomic E-state index is -0.220. The van der Waals surface area contributed by atoms with Gasteiger partial charge < -0.3 is 9.30 Å². The van der Waals surface area contributed by atoms with Gasteiger partial charge in [0.15, 0.2) is 0 Å². The fourth-order valence-electron chi connectivity index (χ4n) is 4.50. The molecular weight excluding hydrogens is 422 g/mol. The predicted molar refractivity (Wildman–Crippen MR) is 140 cm³/mol. The molecule has 0 saturated carbocycles. The van der Waals surface area contributed by atoms with Crippen LogP contribution in [0.4, 0.5) is 0 Å². The molecule has 1 aromatic heterocycles. The number of hydrogen-bond donors (Lipinski definition) is 0. The summed E-state index contributed by atoms with van der Waals surface area (Å²) in [5, 5.41) is 0. The van der Waals surface area contributed by atoms with Crippen LogP contribution < -0.4 is 5.56 Å². The van der Waals surface area contributed by atoms with Gasteiger partial charge in [-0.15, -0.1) is 0 Å². The van der Waals surface area contributed by atoms with E-state index in [0.717, 1.165) is 22.3 Å². The van der Waals surface area contributed by atoms with Gasteiger partial charge in [-0.1, -0.05) is 60.2 Å². The summed E-state index contributed by atoms with van der Waals surface area (Å²) < 4.78 is 6.89. The summed E-state index contributed by atoms with van der Waals surface area (Å²) in [4.78, 5) is 25.5. The normalized spacial score (nSPS) is 11.2. The Kier molecular flexibility index (Phi) is 8.64. The van der Waals surface area contributed by atoms with Crippen molar-refractivity contribution < 1.29 is 9.53 Å². The number of aromatic nitrogens is 1. The Hall–Kier alpha value is -3.40.